The summed E-state index contributed by atoms with van der Waals surface area (Å²) in [6.45, 7) is 9.79. The minimum Gasteiger partial charge on any atom is -0.444 e. The Balaban J connectivity index is 1.92. The molecule has 3 aromatic rings. The molecular formula is C24H25N3O2. The first-order chi connectivity index (χ1) is 13.6. The van der Waals surface area contributed by atoms with E-state index in [1.54, 1.807) is 6.07 Å². The van der Waals surface area contributed by atoms with Crippen molar-refractivity contribution in [2.75, 3.05) is 0 Å². The van der Waals surface area contributed by atoms with E-state index in [9.17, 15) is 10.1 Å². The summed E-state index contributed by atoms with van der Waals surface area (Å²) >= 11 is 0. The molecule has 5 nitrogen and oxygen atoms in total. The molecule has 0 bridgehead atoms. The van der Waals surface area contributed by atoms with E-state index in [0.29, 0.717) is 5.56 Å². The summed E-state index contributed by atoms with van der Waals surface area (Å²) in [5.74, 6) is 0. The van der Waals surface area contributed by atoms with Gasteiger partial charge >= 0.3 is 6.09 Å². The number of carbonyl (C=O) groups is 1. The van der Waals surface area contributed by atoms with E-state index in [-0.39, 0.29) is 6.54 Å². The Labute approximate surface area is 171 Å². The molecule has 148 valence electrons. The van der Waals surface area contributed by atoms with Crippen molar-refractivity contribution < 1.29 is 9.53 Å². The van der Waals surface area contributed by atoms with E-state index in [1.807, 2.05) is 52.0 Å². The zero-order chi connectivity index (χ0) is 21.2. The van der Waals surface area contributed by atoms with Gasteiger partial charge in [0.15, 0.2) is 0 Å². The second kappa shape index (κ2) is 7.92. The molecule has 29 heavy (non-hydrogen) atoms. The minimum absolute atomic E-state index is 0.279. The molecule has 2 aromatic carbocycles. The summed E-state index contributed by atoms with van der Waals surface area (Å²) in [7, 11) is 0. The van der Waals surface area contributed by atoms with Gasteiger partial charge in [-0.1, -0.05) is 12.1 Å². The van der Waals surface area contributed by atoms with Crippen LogP contribution in [0.2, 0.25) is 0 Å². The fraction of sp³-hybridized carbons (Fsp3) is 0.292. The van der Waals surface area contributed by atoms with E-state index in [1.165, 1.54) is 5.56 Å². The van der Waals surface area contributed by atoms with Gasteiger partial charge in [-0.2, -0.15) is 5.26 Å². The molecule has 0 radical (unpaired) electrons. The van der Waals surface area contributed by atoms with Gasteiger partial charge in [0.1, 0.15) is 5.60 Å². The number of amides is 1. The Morgan fingerprint density at radius 1 is 1.10 bits per heavy atom. The molecule has 0 saturated carbocycles. The Hall–Kier alpha value is -3.39. The normalized spacial score (nSPS) is 11.2. The van der Waals surface area contributed by atoms with Crippen molar-refractivity contribution in [2.24, 2.45) is 0 Å². The Morgan fingerprint density at radius 2 is 1.86 bits per heavy atom. The van der Waals surface area contributed by atoms with Crippen LogP contribution in [0, 0.1) is 25.2 Å². The molecule has 0 aliphatic heterocycles. The maximum Gasteiger partial charge on any atom is 0.407 e. The monoisotopic (exact) mass is 387 g/mol. The number of carbonyl (C=O) groups excluding carboxylic acids is 1. The predicted octanol–water partition coefficient (Wildman–Crippen LogP) is 5.42. The molecule has 1 amide bonds. The van der Waals surface area contributed by atoms with Crippen LogP contribution in [-0.4, -0.2) is 16.7 Å². The number of rotatable bonds is 3. The molecule has 1 N–H and O–H groups in total. The van der Waals surface area contributed by atoms with Crippen molar-refractivity contribution in [3.8, 4) is 17.2 Å². The molecule has 0 aliphatic rings. The van der Waals surface area contributed by atoms with Crippen LogP contribution in [0.25, 0.3) is 22.0 Å². The summed E-state index contributed by atoms with van der Waals surface area (Å²) in [5, 5.41) is 13.3. The van der Waals surface area contributed by atoms with Crippen LogP contribution >= 0.6 is 0 Å². The predicted molar refractivity (Wildman–Crippen MR) is 114 cm³/mol. The second-order valence-corrected chi connectivity index (χ2v) is 8.20. The van der Waals surface area contributed by atoms with Crippen molar-refractivity contribution >= 4 is 17.0 Å². The number of nitriles is 1. The van der Waals surface area contributed by atoms with Crippen molar-refractivity contribution in [1.29, 1.82) is 5.26 Å². The quantitative estimate of drug-likeness (QED) is 0.651. The van der Waals surface area contributed by atoms with Gasteiger partial charge in [0.25, 0.3) is 0 Å². The van der Waals surface area contributed by atoms with Gasteiger partial charge in [0.2, 0.25) is 0 Å². The van der Waals surface area contributed by atoms with E-state index < -0.39 is 11.7 Å². The smallest absolute Gasteiger partial charge is 0.407 e. The van der Waals surface area contributed by atoms with Gasteiger partial charge in [0.05, 0.1) is 17.1 Å². The number of aryl methyl sites for hydroxylation is 2. The molecule has 0 saturated heterocycles. The molecule has 0 atom stereocenters. The topological polar surface area (TPSA) is 75.0 Å². The number of pyridine rings is 1. The number of benzene rings is 2. The van der Waals surface area contributed by atoms with Gasteiger partial charge in [-0.15, -0.1) is 0 Å². The molecule has 0 fully saturated rings. The average Bonchev–Trinajstić information content (AvgIpc) is 2.64. The van der Waals surface area contributed by atoms with E-state index in [0.717, 1.165) is 33.3 Å². The number of fused-ring (bicyclic) bond motifs is 1. The molecule has 1 aromatic heterocycles. The Morgan fingerprint density at radius 3 is 2.55 bits per heavy atom. The van der Waals surface area contributed by atoms with Crippen LogP contribution in [0.1, 0.15) is 43.2 Å². The fourth-order valence-electron chi connectivity index (χ4n) is 3.26. The van der Waals surface area contributed by atoms with Gasteiger partial charge in [-0.25, -0.2) is 4.79 Å². The van der Waals surface area contributed by atoms with Crippen molar-refractivity contribution in [3.63, 3.8) is 0 Å². The number of hydrogen-bond acceptors (Lipinski definition) is 4. The highest BCUT2D eigenvalue weighted by molar-refractivity contribution is 5.87. The lowest BCUT2D eigenvalue weighted by atomic mass is 9.98. The lowest BCUT2D eigenvalue weighted by Crippen LogP contribution is -2.32. The third-order valence-electron chi connectivity index (χ3n) is 4.44. The molecule has 0 unspecified atom stereocenters. The van der Waals surface area contributed by atoms with Crippen molar-refractivity contribution in [1.82, 2.24) is 10.3 Å². The van der Waals surface area contributed by atoms with E-state index >= 15 is 0 Å². The zero-order valence-electron chi connectivity index (χ0n) is 17.5. The highest BCUT2D eigenvalue weighted by Gasteiger charge is 2.16. The maximum atomic E-state index is 11.9. The van der Waals surface area contributed by atoms with Crippen LogP contribution in [0.4, 0.5) is 4.79 Å². The van der Waals surface area contributed by atoms with Crippen LogP contribution in [0.3, 0.4) is 0 Å². The van der Waals surface area contributed by atoms with Crippen LogP contribution in [-0.2, 0) is 11.3 Å². The molecule has 5 heteroatoms. The Bertz CT molecular complexity index is 1120. The summed E-state index contributed by atoms with van der Waals surface area (Å²) in [6, 6.07) is 16.0. The number of hydrogen-bond donors (Lipinski definition) is 1. The minimum atomic E-state index is -0.557. The lowest BCUT2D eigenvalue weighted by molar-refractivity contribution is 0.0523. The molecule has 1 heterocycles. The summed E-state index contributed by atoms with van der Waals surface area (Å²) < 4.78 is 5.28. The highest BCUT2D eigenvalue weighted by atomic mass is 16.6. The number of aromatic nitrogens is 1. The fourth-order valence-corrected chi connectivity index (χ4v) is 3.26. The lowest BCUT2D eigenvalue weighted by Gasteiger charge is -2.19. The molecule has 0 aliphatic carbocycles. The number of nitrogens with zero attached hydrogens (tertiary/aromatic N) is 2. The summed E-state index contributed by atoms with van der Waals surface area (Å²) in [4.78, 5) is 16.6. The van der Waals surface area contributed by atoms with Crippen LogP contribution in [0.15, 0.2) is 42.5 Å². The van der Waals surface area contributed by atoms with E-state index in [4.69, 9.17) is 4.74 Å². The summed E-state index contributed by atoms with van der Waals surface area (Å²) in [5.41, 5.74) is 5.79. The first-order valence-corrected chi connectivity index (χ1v) is 9.54. The van der Waals surface area contributed by atoms with E-state index in [2.05, 4.69) is 35.4 Å². The Kier molecular flexibility index (Phi) is 5.56. The highest BCUT2D eigenvalue weighted by Crippen LogP contribution is 2.27. The second-order valence-electron chi connectivity index (χ2n) is 8.20. The molecule has 0 spiro atoms. The van der Waals surface area contributed by atoms with Crippen LogP contribution < -0.4 is 5.32 Å². The summed E-state index contributed by atoms with van der Waals surface area (Å²) in [6.07, 6.45) is -0.484. The largest absolute Gasteiger partial charge is 0.444 e. The van der Waals surface area contributed by atoms with Crippen LogP contribution in [0.5, 0.6) is 0 Å². The number of alkyl carbamates (subject to hydrolysis) is 1. The average molecular weight is 387 g/mol. The standard InChI is InChI=1S/C24H25N3O2/c1-15-8-16(2)27-22-12-19(6-7-21(15)22)20-10-17(13-25)9-18(11-20)14-26-23(28)29-24(3,4)5/h6-12H,14H2,1-5H3,(H,26,28). The zero-order valence-corrected chi connectivity index (χ0v) is 17.5. The number of ether oxygens (including phenoxy) is 1. The van der Waals surface area contributed by atoms with Gasteiger partial charge < -0.3 is 10.1 Å². The van der Waals surface area contributed by atoms with Gasteiger partial charge in [0, 0.05) is 17.6 Å². The number of nitrogens with one attached hydrogen (secondary N) is 1. The molecule has 3 rings (SSSR count). The first kappa shape index (κ1) is 20.3. The SMILES string of the molecule is Cc1cc(C)c2ccc(-c3cc(C#N)cc(CNC(=O)OC(C)(C)C)c3)cc2n1. The third-order valence-corrected chi connectivity index (χ3v) is 4.44. The third kappa shape index (κ3) is 5.11. The maximum absolute atomic E-state index is 11.9. The van der Waals surface area contributed by atoms with Gasteiger partial charge in [-0.05, 0) is 87.2 Å². The van der Waals surface area contributed by atoms with Crippen molar-refractivity contribution in [3.05, 3.63) is 64.8 Å². The van der Waals surface area contributed by atoms with Gasteiger partial charge in [-0.3, -0.25) is 4.98 Å². The first-order valence-electron chi connectivity index (χ1n) is 9.54. The molecular weight excluding hydrogens is 362 g/mol. The van der Waals surface area contributed by atoms with Crippen molar-refractivity contribution in [2.45, 2.75) is 46.8 Å².